The molecule has 0 aliphatic rings. The van der Waals surface area contributed by atoms with Crippen LogP contribution in [-0.2, 0) is 4.79 Å². The Bertz CT molecular complexity index is 1280. The Morgan fingerprint density at radius 1 is 1.00 bits per heavy atom. The fourth-order valence-electron chi connectivity index (χ4n) is 3.13. The summed E-state index contributed by atoms with van der Waals surface area (Å²) in [6, 6.07) is 14.1. The molecule has 8 heteroatoms. The number of hydrogen-bond donors (Lipinski definition) is 2. The second kappa shape index (κ2) is 6.89. The van der Waals surface area contributed by atoms with E-state index in [0.717, 1.165) is 17.1 Å². The molecule has 2 heterocycles. The molecule has 0 amide bonds. The van der Waals surface area contributed by atoms with Gasteiger partial charge in [-0.3, -0.25) is 9.36 Å². The van der Waals surface area contributed by atoms with Crippen LogP contribution in [0.2, 0.25) is 0 Å². The van der Waals surface area contributed by atoms with Crippen molar-refractivity contribution in [1.82, 2.24) is 14.5 Å². The molecule has 2 aromatic heterocycles. The average Bonchev–Trinajstić information content (AvgIpc) is 3.03. The summed E-state index contributed by atoms with van der Waals surface area (Å²) in [7, 11) is 0. The molecule has 2 N–H and O–H groups in total. The quantitative estimate of drug-likeness (QED) is 0.477. The summed E-state index contributed by atoms with van der Waals surface area (Å²) in [5.41, 5.74) is 2.11. The summed E-state index contributed by atoms with van der Waals surface area (Å²) in [6.07, 6.45) is 1.63. The predicted molar refractivity (Wildman–Crippen MR) is 111 cm³/mol. The van der Waals surface area contributed by atoms with Crippen molar-refractivity contribution in [3.63, 3.8) is 0 Å². The third kappa shape index (κ3) is 3.21. The lowest BCUT2D eigenvalue weighted by Gasteiger charge is -2.19. The molecule has 146 valence electrons. The van der Waals surface area contributed by atoms with Gasteiger partial charge in [-0.2, -0.15) is 0 Å². The van der Waals surface area contributed by atoms with Gasteiger partial charge in [0.2, 0.25) is 0 Å². The molecule has 2 aromatic carbocycles. The van der Waals surface area contributed by atoms with Crippen LogP contribution in [0.1, 0.15) is 24.2 Å². The first-order valence-electron chi connectivity index (χ1n) is 8.81. The number of fused-ring (bicyclic) bond motifs is 2. The van der Waals surface area contributed by atoms with Crippen molar-refractivity contribution in [3.8, 4) is 5.69 Å². The molecule has 0 saturated carbocycles. The summed E-state index contributed by atoms with van der Waals surface area (Å²) in [6.45, 7) is 3.23. The van der Waals surface area contributed by atoms with E-state index in [4.69, 9.17) is 0 Å². The number of carbonyl (C=O) groups is 2. The number of carboxylic acid groups (broad SMARTS) is 2. The molecule has 0 aliphatic heterocycles. The number of nitrogens with zero attached hydrogens (tertiary/aromatic N) is 3. The Morgan fingerprint density at radius 2 is 1.72 bits per heavy atom. The van der Waals surface area contributed by atoms with E-state index in [0.29, 0.717) is 27.4 Å². The fraction of sp³-hybridized carbons (Fsp3) is 0.143. The Labute approximate surface area is 170 Å². The summed E-state index contributed by atoms with van der Waals surface area (Å²) < 4.78 is 0.724. The van der Waals surface area contributed by atoms with E-state index in [1.165, 1.54) is 0 Å². The van der Waals surface area contributed by atoms with Gasteiger partial charge in [0.15, 0.2) is 10.8 Å². The molecule has 0 fully saturated rings. The topological polar surface area (TPSA) is 105 Å². The minimum Gasteiger partial charge on any atom is -0.480 e. The van der Waals surface area contributed by atoms with Crippen LogP contribution in [0.25, 0.3) is 27.6 Å². The van der Waals surface area contributed by atoms with Crippen molar-refractivity contribution in [2.45, 2.75) is 23.8 Å². The zero-order chi connectivity index (χ0) is 20.8. The first-order chi connectivity index (χ1) is 13.8. The van der Waals surface area contributed by atoms with Crippen molar-refractivity contribution < 1.29 is 19.8 Å². The lowest BCUT2D eigenvalue weighted by molar-refractivity contribution is -0.138. The first-order valence-corrected chi connectivity index (χ1v) is 9.62. The predicted octanol–water partition coefficient (Wildman–Crippen LogP) is 4.23. The van der Waals surface area contributed by atoms with Gasteiger partial charge in [0.05, 0.1) is 16.8 Å². The molecule has 0 radical (unpaired) electrons. The van der Waals surface area contributed by atoms with Gasteiger partial charge >= 0.3 is 11.9 Å². The molecule has 29 heavy (non-hydrogen) atoms. The number of rotatable bonds is 5. The fourth-order valence-corrected chi connectivity index (χ4v) is 4.09. The normalized spacial score (nSPS) is 11.8. The maximum Gasteiger partial charge on any atom is 0.336 e. The van der Waals surface area contributed by atoms with E-state index < -0.39 is 16.7 Å². The molecule has 7 nitrogen and oxygen atoms in total. The van der Waals surface area contributed by atoms with Crippen LogP contribution in [0.15, 0.2) is 59.9 Å². The third-order valence-corrected chi connectivity index (χ3v) is 5.78. The maximum atomic E-state index is 11.7. The van der Waals surface area contributed by atoms with Gasteiger partial charge in [0, 0.05) is 11.6 Å². The number of thioether (sulfide) groups is 1. The molecule has 0 spiro atoms. The molecular formula is C21H17N3O4S. The van der Waals surface area contributed by atoms with Crippen molar-refractivity contribution in [1.29, 1.82) is 0 Å². The number of benzene rings is 2. The summed E-state index contributed by atoms with van der Waals surface area (Å²) in [4.78, 5) is 32.2. The van der Waals surface area contributed by atoms with Crippen LogP contribution in [0.4, 0.5) is 0 Å². The number of carboxylic acids is 2. The van der Waals surface area contributed by atoms with E-state index in [-0.39, 0.29) is 5.56 Å². The van der Waals surface area contributed by atoms with Crippen LogP contribution in [0.5, 0.6) is 0 Å². The second-order valence-corrected chi connectivity index (χ2v) is 8.57. The summed E-state index contributed by atoms with van der Waals surface area (Å²) >= 11 is 1.12. The zero-order valence-electron chi connectivity index (χ0n) is 15.7. The highest BCUT2D eigenvalue weighted by Crippen LogP contribution is 2.37. The zero-order valence-corrected chi connectivity index (χ0v) is 16.5. The van der Waals surface area contributed by atoms with Crippen molar-refractivity contribution >= 4 is 45.6 Å². The summed E-state index contributed by atoms with van der Waals surface area (Å²) in [5, 5.41) is 20.9. The lowest BCUT2D eigenvalue weighted by atomic mass is 10.0. The van der Waals surface area contributed by atoms with E-state index in [1.54, 1.807) is 50.4 Å². The van der Waals surface area contributed by atoms with E-state index in [9.17, 15) is 19.8 Å². The smallest absolute Gasteiger partial charge is 0.336 e. The van der Waals surface area contributed by atoms with Crippen LogP contribution in [0.3, 0.4) is 0 Å². The molecule has 0 atom stereocenters. The first kappa shape index (κ1) is 18.9. The third-order valence-electron chi connectivity index (χ3n) is 4.63. The van der Waals surface area contributed by atoms with E-state index in [2.05, 4.69) is 9.97 Å². The van der Waals surface area contributed by atoms with Gasteiger partial charge in [-0.05, 0) is 43.5 Å². The van der Waals surface area contributed by atoms with Crippen molar-refractivity contribution in [3.05, 3.63) is 60.3 Å². The highest BCUT2D eigenvalue weighted by molar-refractivity contribution is 8.01. The van der Waals surface area contributed by atoms with Gasteiger partial charge < -0.3 is 10.2 Å². The minimum atomic E-state index is -1.12. The molecule has 4 rings (SSSR count). The van der Waals surface area contributed by atoms with Crippen LogP contribution in [0, 0.1) is 0 Å². The van der Waals surface area contributed by atoms with Gasteiger partial charge in [-0.25, -0.2) is 14.8 Å². The number of imidazole rings is 1. The Morgan fingerprint density at radius 3 is 2.41 bits per heavy atom. The SMILES string of the molecule is CC(C)(Sc1nc2ncccc2n1-c1ccc(C(=O)O)c2ccccc12)C(=O)O. The standard InChI is InChI=1S/C21H17N3O4S/c1-21(2,19(27)28)29-20-23-17-16(8-5-11-22-17)24(20)15-10-9-14(18(25)26)12-6-3-4-7-13(12)15/h3-11H,1-2H3,(H,25,26)(H,27,28). The van der Waals surface area contributed by atoms with E-state index >= 15 is 0 Å². The number of aliphatic carboxylic acids is 1. The van der Waals surface area contributed by atoms with Crippen LogP contribution >= 0.6 is 11.8 Å². The van der Waals surface area contributed by atoms with Gasteiger partial charge in [0.25, 0.3) is 0 Å². The molecule has 4 aromatic rings. The molecule has 0 aliphatic carbocycles. The number of aromatic carboxylic acids is 1. The summed E-state index contributed by atoms with van der Waals surface area (Å²) in [5.74, 6) is -1.97. The molecule has 0 saturated heterocycles. The largest absolute Gasteiger partial charge is 0.480 e. The maximum absolute atomic E-state index is 11.7. The number of aromatic nitrogens is 3. The van der Waals surface area contributed by atoms with Gasteiger partial charge in [-0.15, -0.1) is 0 Å². The average molecular weight is 407 g/mol. The van der Waals surface area contributed by atoms with Crippen LogP contribution < -0.4 is 0 Å². The monoisotopic (exact) mass is 407 g/mol. The highest BCUT2D eigenvalue weighted by atomic mass is 32.2. The van der Waals surface area contributed by atoms with Gasteiger partial charge in [0.1, 0.15) is 4.75 Å². The van der Waals surface area contributed by atoms with Crippen molar-refractivity contribution in [2.75, 3.05) is 0 Å². The second-order valence-electron chi connectivity index (χ2n) is 6.98. The Kier molecular flexibility index (Phi) is 4.50. The van der Waals surface area contributed by atoms with E-state index in [1.807, 2.05) is 22.8 Å². The molecule has 0 unspecified atom stereocenters. The minimum absolute atomic E-state index is 0.201. The number of hydrogen-bond acceptors (Lipinski definition) is 5. The Balaban J connectivity index is 2.04. The lowest BCUT2D eigenvalue weighted by Crippen LogP contribution is -2.27. The number of pyridine rings is 1. The van der Waals surface area contributed by atoms with Crippen LogP contribution in [-0.4, -0.2) is 41.4 Å². The molecular weight excluding hydrogens is 390 g/mol. The Hall–Kier alpha value is -3.39. The van der Waals surface area contributed by atoms with Gasteiger partial charge in [-0.1, -0.05) is 36.0 Å². The molecule has 0 bridgehead atoms. The highest BCUT2D eigenvalue weighted by Gasteiger charge is 2.32. The van der Waals surface area contributed by atoms with Crippen molar-refractivity contribution in [2.24, 2.45) is 0 Å².